The highest BCUT2D eigenvalue weighted by Gasteiger charge is 2.48. The molecule has 4 aliphatic heterocycles. The Bertz CT molecular complexity index is 721. The van der Waals surface area contributed by atoms with E-state index in [4.69, 9.17) is 13.9 Å². The molecular formula is C20H20O3S2Si. The van der Waals surface area contributed by atoms with Gasteiger partial charge in [0.2, 0.25) is 0 Å². The maximum atomic E-state index is 6.92. The van der Waals surface area contributed by atoms with Gasteiger partial charge in [0.1, 0.15) is 19.0 Å². The van der Waals surface area contributed by atoms with Gasteiger partial charge >= 0.3 is 8.32 Å². The number of thioether (sulfide) groups is 2. The van der Waals surface area contributed by atoms with E-state index >= 15 is 0 Å². The molecule has 4 aliphatic rings. The van der Waals surface area contributed by atoms with E-state index in [2.05, 4.69) is 59.4 Å². The summed E-state index contributed by atoms with van der Waals surface area (Å²) < 4.78 is 17.8. The van der Waals surface area contributed by atoms with Crippen molar-refractivity contribution in [1.82, 2.24) is 0 Å². The van der Waals surface area contributed by atoms with Crippen LogP contribution in [0.25, 0.3) is 0 Å². The molecule has 0 fully saturated rings. The molecule has 4 rings (SSSR count). The molecule has 0 atom stereocenters. The molecule has 0 aromatic rings. The monoisotopic (exact) mass is 400 g/mol. The van der Waals surface area contributed by atoms with Gasteiger partial charge in [-0.3, -0.25) is 0 Å². The summed E-state index contributed by atoms with van der Waals surface area (Å²) in [4.78, 5) is 0. The van der Waals surface area contributed by atoms with Crippen LogP contribution >= 0.6 is 23.5 Å². The van der Waals surface area contributed by atoms with Crippen LogP contribution in [0.2, 0.25) is 0 Å². The Morgan fingerprint density at radius 1 is 0.731 bits per heavy atom. The lowest BCUT2D eigenvalue weighted by Gasteiger charge is -2.38. The zero-order valence-corrected chi connectivity index (χ0v) is 16.9. The highest BCUT2D eigenvalue weighted by Crippen LogP contribution is 2.40. The smallest absolute Gasteiger partial charge is 0.346 e. The Labute approximate surface area is 163 Å². The van der Waals surface area contributed by atoms with Crippen molar-refractivity contribution in [3.05, 3.63) is 93.3 Å². The van der Waals surface area contributed by atoms with Crippen LogP contribution in [0.15, 0.2) is 93.3 Å². The van der Waals surface area contributed by atoms with E-state index in [0.29, 0.717) is 13.2 Å². The summed E-state index contributed by atoms with van der Waals surface area (Å²) in [6, 6.07) is 0. The molecule has 0 spiro atoms. The molecule has 4 heterocycles. The second-order valence-corrected chi connectivity index (χ2v) is 11.1. The molecule has 26 heavy (non-hydrogen) atoms. The van der Waals surface area contributed by atoms with E-state index in [-0.39, 0.29) is 0 Å². The molecule has 0 amide bonds. The van der Waals surface area contributed by atoms with Gasteiger partial charge in [0, 0.05) is 11.5 Å². The van der Waals surface area contributed by atoms with Crippen molar-refractivity contribution in [2.75, 3.05) is 24.7 Å². The van der Waals surface area contributed by atoms with E-state index in [9.17, 15) is 0 Å². The van der Waals surface area contributed by atoms with E-state index in [1.54, 1.807) is 24.3 Å². The Kier molecular flexibility index (Phi) is 5.62. The predicted octanol–water partition coefficient (Wildman–Crippen LogP) is 4.84. The van der Waals surface area contributed by atoms with Crippen LogP contribution in [-0.4, -0.2) is 33.0 Å². The van der Waals surface area contributed by atoms with E-state index in [1.807, 2.05) is 11.8 Å². The van der Waals surface area contributed by atoms with Gasteiger partial charge in [-0.15, -0.1) is 23.5 Å². The quantitative estimate of drug-likeness (QED) is 0.616. The fourth-order valence-electron chi connectivity index (χ4n) is 3.23. The minimum absolute atomic E-state index is 0.577. The zero-order valence-electron chi connectivity index (χ0n) is 14.3. The van der Waals surface area contributed by atoms with Crippen LogP contribution in [0.5, 0.6) is 0 Å². The predicted molar refractivity (Wildman–Crippen MR) is 113 cm³/mol. The maximum absolute atomic E-state index is 6.92. The van der Waals surface area contributed by atoms with Crippen LogP contribution < -0.4 is 0 Å². The molecule has 0 unspecified atom stereocenters. The number of hydrogen-bond donors (Lipinski definition) is 0. The maximum Gasteiger partial charge on any atom is 0.346 e. The molecule has 0 radical (unpaired) electrons. The fraction of sp³-hybridized carbons (Fsp3) is 0.200. The standard InChI is InChI=1S/C20H20O3S2Si/c1-9-21-10-2-18(1)26(19-3-11-22-12-4-19,20-7-15-25-16-8-20)23-17-5-13-24-14-6-17/h1-9,11,13,15H,10,12,14,16H2. The van der Waals surface area contributed by atoms with E-state index in [1.165, 1.54) is 15.6 Å². The van der Waals surface area contributed by atoms with Gasteiger partial charge in [0.25, 0.3) is 0 Å². The summed E-state index contributed by atoms with van der Waals surface area (Å²) >= 11 is 3.59. The molecule has 6 heteroatoms. The van der Waals surface area contributed by atoms with Gasteiger partial charge in [0.05, 0.1) is 12.5 Å². The van der Waals surface area contributed by atoms with Crippen molar-refractivity contribution in [3.8, 4) is 0 Å². The zero-order chi connectivity index (χ0) is 17.7. The van der Waals surface area contributed by atoms with E-state index in [0.717, 1.165) is 17.3 Å². The third-order valence-electron chi connectivity index (χ3n) is 4.43. The number of hydrogen-bond acceptors (Lipinski definition) is 5. The molecule has 0 aliphatic carbocycles. The van der Waals surface area contributed by atoms with Gasteiger partial charge in [-0.2, -0.15) is 0 Å². The summed E-state index contributed by atoms with van der Waals surface area (Å²) in [5.41, 5.74) is 0. The van der Waals surface area contributed by atoms with Crippen molar-refractivity contribution in [2.45, 2.75) is 0 Å². The van der Waals surface area contributed by atoms with Gasteiger partial charge in [-0.05, 0) is 62.9 Å². The first-order chi connectivity index (χ1) is 12.9. The highest BCUT2D eigenvalue weighted by molar-refractivity contribution is 8.02. The third kappa shape index (κ3) is 3.54. The average Bonchev–Trinajstić information content (AvgIpc) is 2.75. The Hall–Kier alpha value is -1.76. The van der Waals surface area contributed by atoms with Crippen LogP contribution in [0.4, 0.5) is 0 Å². The van der Waals surface area contributed by atoms with Crippen LogP contribution in [0.3, 0.4) is 0 Å². The summed E-state index contributed by atoms with van der Waals surface area (Å²) in [6.45, 7) is 1.15. The second kappa shape index (κ2) is 8.29. The molecule has 134 valence electrons. The van der Waals surface area contributed by atoms with Gasteiger partial charge in [-0.25, -0.2) is 0 Å². The lowest BCUT2D eigenvalue weighted by Crippen LogP contribution is -2.46. The summed E-state index contributed by atoms with van der Waals surface area (Å²) in [5.74, 6) is 2.86. The molecule has 3 nitrogen and oxygen atoms in total. The Morgan fingerprint density at radius 2 is 1.35 bits per heavy atom. The number of rotatable bonds is 5. The average molecular weight is 401 g/mol. The van der Waals surface area contributed by atoms with Crippen molar-refractivity contribution in [2.24, 2.45) is 0 Å². The normalized spacial score (nSPS) is 21.8. The summed E-state index contributed by atoms with van der Waals surface area (Å²) in [5, 5.41) is 8.00. The highest BCUT2D eigenvalue weighted by atomic mass is 32.2. The van der Waals surface area contributed by atoms with Crippen molar-refractivity contribution >= 4 is 31.8 Å². The molecular weight excluding hydrogens is 380 g/mol. The molecule has 0 bridgehead atoms. The Morgan fingerprint density at radius 3 is 1.85 bits per heavy atom. The van der Waals surface area contributed by atoms with Crippen molar-refractivity contribution in [3.63, 3.8) is 0 Å². The minimum atomic E-state index is -2.66. The van der Waals surface area contributed by atoms with Gasteiger partial charge in [-0.1, -0.05) is 12.2 Å². The largest absolute Gasteiger partial charge is 0.531 e. The molecule has 0 saturated carbocycles. The van der Waals surface area contributed by atoms with E-state index < -0.39 is 8.32 Å². The molecule has 0 saturated heterocycles. The first-order valence-corrected chi connectivity index (χ1v) is 12.5. The fourth-order valence-corrected chi connectivity index (χ4v) is 8.64. The van der Waals surface area contributed by atoms with Gasteiger partial charge < -0.3 is 13.9 Å². The first-order valence-electron chi connectivity index (χ1n) is 8.53. The molecule has 0 aromatic heterocycles. The number of allylic oxidation sites excluding steroid dienone is 7. The number of ether oxygens (including phenoxy) is 2. The van der Waals surface area contributed by atoms with Crippen LogP contribution in [0.1, 0.15) is 0 Å². The second-order valence-electron chi connectivity index (χ2n) is 5.91. The lowest BCUT2D eigenvalue weighted by molar-refractivity contribution is 0.283. The Balaban J connectivity index is 1.86. The molecule has 0 N–H and O–H groups in total. The topological polar surface area (TPSA) is 27.7 Å². The summed E-state index contributed by atoms with van der Waals surface area (Å²) in [7, 11) is -2.66. The van der Waals surface area contributed by atoms with Crippen LogP contribution in [-0.2, 0) is 13.9 Å². The first kappa shape index (κ1) is 17.6. The SMILES string of the molecule is C1=CC([Si](OC2=CCSC=C2)(C2=CCOC=C2)C2=CCSC=C2)=CCO1. The molecule has 0 aromatic carbocycles. The van der Waals surface area contributed by atoms with Crippen LogP contribution in [0, 0.1) is 0 Å². The van der Waals surface area contributed by atoms with Crippen molar-refractivity contribution < 1.29 is 13.9 Å². The lowest BCUT2D eigenvalue weighted by atomic mass is 10.4. The van der Waals surface area contributed by atoms with Crippen molar-refractivity contribution in [1.29, 1.82) is 0 Å². The minimum Gasteiger partial charge on any atom is -0.531 e. The summed E-state index contributed by atoms with van der Waals surface area (Å²) in [6.07, 6.45) is 20.8. The van der Waals surface area contributed by atoms with Gasteiger partial charge in [0.15, 0.2) is 0 Å². The third-order valence-corrected chi connectivity index (χ3v) is 9.90.